The third kappa shape index (κ3) is 2.61. The van der Waals surface area contributed by atoms with Crippen LogP contribution in [0.25, 0.3) is 0 Å². The van der Waals surface area contributed by atoms with Crippen LogP contribution >= 0.6 is 15.9 Å². The fourth-order valence-corrected chi connectivity index (χ4v) is 1.67. The van der Waals surface area contributed by atoms with E-state index < -0.39 is 0 Å². The van der Waals surface area contributed by atoms with E-state index in [4.69, 9.17) is 4.42 Å². The molecule has 0 atom stereocenters. The van der Waals surface area contributed by atoms with Gasteiger partial charge in [0.2, 0.25) is 0 Å². The van der Waals surface area contributed by atoms with Crippen molar-refractivity contribution in [1.29, 1.82) is 0 Å². The average Bonchev–Trinajstić information content (AvgIpc) is 2.60. The molecular formula is C10H14BrNO2. The normalized spacial score (nSPS) is 10.2. The van der Waals surface area contributed by atoms with Crippen LogP contribution in [0.1, 0.15) is 23.0 Å². The van der Waals surface area contributed by atoms with Crippen LogP contribution in [0.2, 0.25) is 0 Å². The number of furan rings is 1. The Balaban J connectivity index is 2.72. The summed E-state index contributed by atoms with van der Waals surface area (Å²) in [4.78, 5) is 13.6. The summed E-state index contributed by atoms with van der Waals surface area (Å²) in [6.45, 7) is 5.24. The maximum absolute atomic E-state index is 11.8. The highest BCUT2D eigenvalue weighted by molar-refractivity contribution is 9.09. The Bertz CT molecular complexity index is 309. The van der Waals surface area contributed by atoms with Crippen LogP contribution in [-0.2, 0) is 0 Å². The van der Waals surface area contributed by atoms with Crippen molar-refractivity contribution in [2.24, 2.45) is 0 Å². The van der Waals surface area contributed by atoms with Crippen LogP contribution in [0, 0.1) is 6.92 Å². The van der Waals surface area contributed by atoms with Gasteiger partial charge in [0.05, 0.1) is 5.56 Å². The molecule has 0 saturated heterocycles. The Morgan fingerprint density at radius 2 is 2.36 bits per heavy atom. The lowest BCUT2D eigenvalue weighted by molar-refractivity contribution is 0.0774. The summed E-state index contributed by atoms with van der Waals surface area (Å²) >= 11 is 3.32. The zero-order valence-corrected chi connectivity index (χ0v) is 10.0. The van der Waals surface area contributed by atoms with Gasteiger partial charge in [0, 0.05) is 18.4 Å². The molecule has 4 heteroatoms. The van der Waals surface area contributed by atoms with Gasteiger partial charge in [-0.3, -0.25) is 4.79 Å². The Morgan fingerprint density at radius 1 is 1.64 bits per heavy atom. The summed E-state index contributed by atoms with van der Waals surface area (Å²) in [5.41, 5.74) is 0.630. The van der Waals surface area contributed by atoms with Crippen LogP contribution in [0.3, 0.4) is 0 Å². The largest absolute Gasteiger partial charge is 0.469 e. The minimum Gasteiger partial charge on any atom is -0.469 e. The predicted molar refractivity (Wildman–Crippen MR) is 58.8 cm³/mol. The Labute approximate surface area is 92.2 Å². The lowest BCUT2D eigenvalue weighted by atomic mass is 10.2. The molecule has 1 rings (SSSR count). The number of alkyl halides is 1. The average molecular weight is 260 g/mol. The van der Waals surface area contributed by atoms with Crippen LogP contribution in [0.15, 0.2) is 16.7 Å². The number of halogens is 1. The number of rotatable bonds is 4. The topological polar surface area (TPSA) is 33.5 Å². The Hall–Kier alpha value is -0.770. The highest BCUT2D eigenvalue weighted by Crippen LogP contribution is 2.09. The number of carbonyl (C=O) groups is 1. The van der Waals surface area contributed by atoms with Crippen molar-refractivity contribution in [1.82, 2.24) is 4.90 Å². The van der Waals surface area contributed by atoms with Crippen molar-refractivity contribution in [2.45, 2.75) is 13.8 Å². The van der Waals surface area contributed by atoms with Crippen LogP contribution in [0.4, 0.5) is 0 Å². The van der Waals surface area contributed by atoms with E-state index in [-0.39, 0.29) is 5.91 Å². The molecule has 14 heavy (non-hydrogen) atoms. The van der Waals surface area contributed by atoms with Crippen LogP contribution < -0.4 is 0 Å². The molecule has 0 spiro atoms. The second-order valence-corrected chi connectivity index (χ2v) is 3.81. The smallest absolute Gasteiger partial charge is 0.257 e. The van der Waals surface area contributed by atoms with Crippen LogP contribution in [-0.4, -0.2) is 29.2 Å². The van der Waals surface area contributed by atoms with Gasteiger partial charge in [-0.1, -0.05) is 15.9 Å². The summed E-state index contributed by atoms with van der Waals surface area (Å²) in [6, 6.07) is 1.76. The molecule has 0 saturated carbocycles. The number of hydrogen-bond acceptors (Lipinski definition) is 2. The lowest BCUT2D eigenvalue weighted by Gasteiger charge is -2.18. The summed E-state index contributed by atoms with van der Waals surface area (Å²) in [7, 11) is 0. The summed E-state index contributed by atoms with van der Waals surface area (Å²) < 4.78 is 5.10. The first-order valence-electron chi connectivity index (χ1n) is 4.59. The Morgan fingerprint density at radius 3 is 2.79 bits per heavy atom. The van der Waals surface area contributed by atoms with E-state index in [9.17, 15) is 4.79 Å². The number of nitrogens with zero attached hydrogens (tertiary/aromatic N) is 1. The lowest BCUT2D eigenvalue weighted by Crippen LogP contribution is -2.32. The first-order valence-corrected chi connectivity index (χ1v) is 5.71. The van der Waals surface area contributed by atoms with Gasteiger partial charge in [-0.05, 0) is 19.9 Å². The fourth-order valence-electron chi connectivity index (χ4n) is 1.24. The first-order chi connectivity index (χ1) is 6.69. The first kappa shape index (κ1) is 11.3. The van der Waals surface area contributed by atoms with Gasteiger partial charge in [-0.25, -0.2) is 0 Å². The van der Waals surface area contributed by atoms with E-state index in [1.165, 1.54) is 6.26 Å². The highest BCUT2D eigenvalue weighted by atomic mass is 79.9. The van der Waals surface area contributed by atoms with E-state index in [0.29, 0.717) is 12.1 Å². The molecule has 0 aliphatic heterocycles. The maximum atomic E-state index is 11.8. The molecular weight excluding hydrogens is 246 g/mol. The molecule has 0 aliphatic carbocycles. The number of carbonyl (C=O) groups excluding carboxylic acids is 1. The Kier molecular flexibility index (Phi) is 4.20. The van der Waals surface area contributed by atoms with Crippen LogP contribution in [0.5, 0.6) is 0 Å². The van der Waals surface area contributed by atoms with Crippen molar-refractivity contribution >= 4 is 21.8 Å². The van der Waals surface area contributed by atoms with Gasteiger partial charge < -0.3 is 9.32 Å². The van der Waals surface area contributed by atoms with E-state index in [0.717, 1.165) is 17.6 Å². The van der Waals surface area contributed by atoms with Gasteiger partial charge in [-0.15, -0.1) is 0 Å². The fraction of sp³-hybridized carbons (Fsp3) is 0.500. The quantitative estimate of drug-likeness (QED) is 0.779. The minimum atomic E-state index is 0.0313. The number of hydrogen-bond donors (Lipinski definition) is 0. The molecule has 1 aromatic heterocycles. The third-order valence-electron chi connectivity index (χ3n) is 2.00. The van der Waals surface area contributed by atoms with Crippen molar-refractivity contribution < 1.29 is 9.21 Å². The molecule has 0 aliphatic rings. The molecule has 1 heterocycles. The van der Waals surface area contributed by atoms with Crippen molar-refractivity contribution in [3.63, 3.8) is 0 Å². The zero-order chi connectivity index (χ0) is 10.6. The standard InChI is InChI=1S/C10H14BrNO2/c1-3-12(5-4-11)10(13)9-6-8(2)14-7-9/h6-7H,3-5H2,1-2H3. The molecule has 78 valence electrons. The second-order valence-electron chi connectivity index (χ2n) is 3.02. The van der Waals surface area contributed by atoms with Gasteiger partial charge in [0.15, 0.2) is 0 Å². The molecule has 1 amide bonds. The van der Waals surface area contributed by atoms with Crippen molar-refractivity contribution in [3.05, 3.63) is 23.7 Å². The minimum absolute atomic E-state index is 0.0313. The highest BCUT2D eigenvalue weighted by Gasteiger charge is 2.14. The molecule has 1 aromatic rings. The molecule has 0 fully saturated rings. The SMILES string of the molecule is CCN(CCBr)C(=O)c1coc(C)c1. The molecule has 3 nitrogen and oxygen atoms in total. The molecule has 0 radical (unpaired) electrons. The number of aryl methyl sites for hydroxylation is 1. The third-order valence-corrected chi connectivity index (χ3v) is 2.36. The van der Waals surface area contributed by atoms with E-state index >= 15 is 0 Å². The van der Waals surface area contributed by atoms with Gasteiger partial charge in [0.25, 0.3) is 5.91 Å². The van der Waals surface area contributed by atoms with Crippen molar-refractivity contribution in [3.8, 4) is 0 Å². The maximum Gasteiger partial charge on any atom is 0.257 e. The molecule has 0 bridgehead atoms. The summed E-state index contributed by atoms with van der Waals surface area (Å²) in [5, 5.41) is 0.795. The van der Waals surface area contributed by atoms with Gasteiger partial charge in [0.1, 0.15) is 12.0 Å². The van der Waals surface area contributed by atoms with E-state index in [2.05, 4.69) is 15.9 Å². The van der Waals surface area contributed by atoms with Crippen molar-refractivity contribution in [2.75, 3.05) is 18.4 Å². The summed E-state index contributed by atoms with van der Waals surface area (Å²) in [5.74, 6) is 0.798. The molecule has 0 aromatic carbocycles. The van der Waals surface area contributed by atoms with E-state index in [1.54, 1.807) is 11.0 Å². The monoisotopic (exact) mass is 259 g/mol. The second kappa shape index (κ2) is 5.20. The van der Waals surface area contributed by atoms with E-state index in [1.807, 2.05) is 13.8 Å². The van der Waals surface area contributed by atoms with Gasteiger partial charge >= 0.3 is 0 Å². The summed E-state index contributed by atoms with van der Waals surface area (Å²) in [6.07, 6.45) is 1.51. The predicted octanol–water partition coefficient (Wildman–Crippen LogP) is 2.45. The van der Waals surface area contributed by atoms with Gasteiger partial charge in [-0.2, -0.15) is 0 Å². The molecule has 0 unspecified atom stereocenters. The number of amides is 1. The molecule has 0 N–H and O–H groups in total. The zero-order valence-electron chi connectivity index (χ0n) is 8.42.